The first-order valence-electron chi connectivity index (χ1n) is 25.5. The number of H-pyrrole nitrogens is 2. The van der Waals surface area contributed by atoms with E-state index in [-0.39, 0.29) is 61.1 Å². The van der Waals surface area contributed by atoms with Gasteiger partial charge in [0.05, 0.1) is 39.3 Å². The van der Waals surface area contributed by atoms with Gasteiger partial charge in [0.2, 0.25) is 0 Å². The molecule has 0 atom stereocenters. The Labute approximate surface area is 438 Å². The number of hydrogen-bond donors (Lipinski definition) is 6. The van der Waals surface area contributed by atoms with Crippen LogP contribution in [-0.2, 0) is 67.7 Å². The van der Waals surface area contributed by atoms with Crippen LogP contribution in [0, 0.1) is 0 Å². The number of carbonyl (C=O) groups excluding carboxylic acids is 4. The van der Waals surface area contributed by atoms with Crippen LogP contribution >= 0.6 is 0 Å². The lowest BCUT2D eigenvalue weighted by Gasteiger charge is -2.21. The van der Waals surface area contributed by atoms with Crippen LogP contribution in [0.4, 0.5) is 11.6 Å². The number of aryl methyl sites for hydroxylation is 2. The molecule has 0 aliphatic carbocycles. The molecule has 8 N–H and O–H groups in total. The van der Waals surface area contributed by atoms with Crippen LogP contribution in [0.3, 0.4) is 0 Å². The molecule has 2 aromatic carbocycles. The number of rotatable bonds is 32. The highest BCUT2D eigenvalue weighted by molar-refractivity contribution is 5.99. The van der Waals surface area contributed by atoms with Crippen molar-refractivity contribution in [3.63, 3.8) is 0 Å². The molecular weight excluding hydrogens is 985 g/mol. The van der Waals surface area contributed by atoms with Crippen molar-refractivity contribution in [1.29, 1.82) is 0 Å². The number of aliphatic hydroxyl groups excluding tert-OH is 2. The second kappa shape index (κ2) is 29.3. The molecule has 0 aliphatic rings. The number of aliphatic hydroxyl groups is 2. The van der Waals surface area contributed by atoms with Crippen molar-refractivity contribution >= 4 is 57.8 Å². The molecule has 0 saturated carbocycles. The van der Waals surface area contributed by atoms with Gasteiger partial charge in [0.25, 0.3) is 0 Å². The predicted molar refractivity (Wildman–Crippen MR) is 281 cm³/mol. The molecule has 0 saturated heterocycles. The normalized spacial score (nSPS) is 11.6. The first-order chi connectivity index (χ1) is 36.8. The number of unbranched alkanes of at least 4 members (excludes halogenated alkanes) is 4. The Kier molecular flexibility index (Phi) is 22.2. The number of ether oxygens (including phenoxy) is 4. The van der Waals surface area contributed by atoms with Crippen molar-refractivity contribution in [2.45, 2.75) is 104 Å². The van der Waals surface area contributed by atoms with Crippen LogP contribution in [0.15, 0.2) is 70.3 Å². The van der Waals surface area contributed by atoms with Crippen molar-refractivity contribution in [2.75, 3.05) is 64.1 Å². The molecule has 0 fully saturated rings. The van der Waals surface area contributed by atoms with Crippen LogP contribution < -0.4 is 32.3 Å². The van der Waals surface area contributed by atoms with Crippen molar-refractivity contribution in [2.24, 2.45) is 0 Å². The van der Waals surface area contributed by atoms with Gasteiger partial charge in [0, 0.05) is 51.4 Å². The van der Waals surface area contributed by atoms with E-state index in [9.17, 15) is 39.0 Å². The molecule has 4 heterocycles. The average Bonchev–Trinajstić information content (AvgIpc) is 3.89. The largest absolute Gasteiger partial charge is 0.463 e. The second-order valence-corrected chi connectivity index (χ2v) is 18.1. The van der Waals surface area contributed by atoms with Gasteiger partial charge < -0.3 is 50.6 Å². The van der Waals surface area contributed by atoms with Gasteiger partial charge in [-0.05, 0) is 73.9 Å². The summed E-state index contributed by atoms with van der Waals surface area (Å²) < 4.78 is 24.0. The van der Waals surface area contributed by atoms with Gasteiger partial charge in [-0.1, -0.05) is 75.2 Å². The molecule has 0 bridgehead atoms. The molecule has 6 rings (SSSR count). The number of imidazole rings is 2. The Hall–Kier alpha value is -7.80. The van der Waals surface area contributed by atoms with Crippen molar-refractivity contribution in [3.8, 4) is 12.0 Å². The highest BCUT2D eigenvalue weighted by atomic mass is 16.6. The summed E-state index contributed by atoms with van der Waals surface area (Å²) in [5.74, 6) is -3.74. The number of carbonyl (C=O) groups is 4. The Balaban J connectivity index is 0.909. The van der Waals surface area contributed by atoms with E-state index in [0.717, 1.165) is 36.8 Å². The van der Waals surface area contributed by atoms with Crippen molar-refractivity contribution in [3.05, 3.63) is 104 Å². The Bertz CT molecular complexity index is 2850. The highest BCUT2D eigenvalue weighted by Crippen LogP contribution is 2.21. The number of hydrogen-bond acceptors (Lipinski definition) is 20. The third kappa shape index (κ3) is 17.4. The zero-order chi connectivity index (χ0) is 54.4. The van der Waals surface area contributed by atoms with Gasteiger partial charge in [-0.25, -0.2) is 19.2 Å². The molecule has 24 heteroatoms. The van der Waals surface area contributed by atoms with Crippen LogP contribution in [-0.4, -0.2) is 136 Å². The third-order valence-electron chi connectivity index (χ3n) is 12.0. The lowest BCUT2D eigenvalue weighted by molar-refractivity contribution is -0.158. The number of aromatic amines is 2. The first kappa shape index (κ1) is 57.5. The van der Waals surface area contributed by atoms with Crippen LogP contribution in [0.25, 0.3) is 22.3 Å². The molecule has 76 heavy (non-hydrogen) atoms. The number of anilines is 2. The number of nitrogens with zero attached hydrogens (tertiary/aromatic N) is 8. The topological polar surface area (TPSA) is 331 Å². The van der Waals surface area contributed by atoms with Crippen molar-refractivity contribution in [1.82, 2.24) is 48.8 Å². The zero-order valence-electron chi connectivity index (χ0n) is 43.0. The fraction of sp³-hybridized carbons (Fsp3) is 0.462. The summed E-state index contributed by atoms with van der Waals surface area (Å²) in [6.07, 6.45) is 7.02. The summed E-state index contributed by atoms with van der Waals surface area (Å²) in [6.45, 7) is 8.32. The molecule has 4 aromatic heterocycles. The predicted octanol–water partition coefficient (Wildman–Crippen LogP) is 3.11. The van der Waals surface area contributed by atoms with Gasteiger partial charge in [0.1, 0.15) is 11.0 Å². The minimum absolute atomic E-state index is 0.0855. The van der Waals surface area contributed by atoms with E-state index in [2.05, 4.69) is 29.9 Å². The Morgan fingerprint density at radius 3 is 1.39 bits per heavy atom. The van der Waals surface area contributed by atoms with Crippen LogP contribution in [0.5, 0.6) is 12.0 Å². The van der Waals surface area contributed by atoms with Crippen molar-refractivity contribution < 1.29 is 48.3 Å². The maximum atomic E-state index is 12.8. The minimum atomic E-state index is -1.13. The second-order valence-electron chi connectivity index (χ2n) is 18.1. The summed E-state index contributed by atoms with van der Waals surface area (Å²) in [6, 6.07) is 14.5. The van der Waals surface area contributed by atoms with E-state index >= 15 is 0 Å². The van der Waals surface area contributed by atoms with Gasteiger partial charge in [-0.2, -0.15) is 19.9 Å². The Morgan fingerprint density at radius 2 is 1.00 bits per heavy atom. The van der Waals surface area contributed by atoms with E-state index < -0.39 is 23.9 Å². The summed E-state index contributed by atoms with van der Waals surface area (Å²) in [7, 11) is 0. The van der Waals surface area contributed by atoms with Gasteiger partial charge in [-0.3, -0.25) is 28.5 Å². The van der Waals surface area contributed by atoms with E-state index in [4.69, 9.17) is 30.4 Å². The fourth-order valence-corrected chi connectivity index (χ4v) is 8.28. The molecule has 0 aliphatic heterocycles. The summed E-state index contributed by atoms with van der Waals surface area (Å²) >= 11 is 0. The van der Waals surface area contributed by atoms with E-state index in [1.807, 2.05) is 35.8 Å². The molecule has 0 spiro atoms. The summed E-state index contributed by atoms with van der Waals surface area (Å²) in [4.78, 5) is 103. The van der Waals surface area contributed by atoms with E-state index in [1.54, 1.807) is 36.4 Å². The maximum absolute atomic E-state index is 12.8. The maximum Gasteiger partial charge on any atom is 0.338 e. The standard InChI is InChI=1S/C52H68N12O12/c1-3-5-27-73-49-57-45(53)43-47(59-49)63(51(71)55-43)21-9-7-19-61(23-25-65)33-37-15-11-13-35(29-37)31-41(69)75-39(67)17-18-40(68)76-42(70)32-36-14-12-16-38(30-36)34-62(24-26-66)20-8-10-22-64-48-44(56-52(64)72)46(54)58-50(60-48)74-28-6-4-2/h11-18,29-30,65-66H,3-10,19-28,31-34H2,1-2H3,(H,55,71)(H,56,72)(H2,53,57,59)(H2,54,58,60)/b18-17+. The SMILES string of the molecule is CCCCOc1nc(N)c2[nH]c(=O)n(CCCCN(CCO)Cc3cccc(CC(=O)OC(=O)/C=C/C(=O)OC(=O)Cc4cccc(CN(CCO)CCCCn5c(=O)[nH]c6c(N)nc(OCCCC)nc65)c4)c3)c2n1. The molecular formula is C52H68N12O12. The number of esters is 4. The van der Waals surface area contributed by atoms with Crippen LogP contribution in [0.1, 0.15) is 87.5 Å². The zero-order valence-corrected chi connectivity index (χ0v) is 43.0. The molecule has 0 amide bonds. The van der Waals surface area contributed by atoms with Gasteiger partial charge in [0.15, 0.2) is 22.9 Å². The smallest absolute Gasteiger partial charge is 0.338 e. The number of nitrogens with one attached hydrogen (secondary N) is 2. The molecule has 408 valence electrons. The van der Waals surface area contributed by atoms with E-state index in [0.29, 0.717) is 137 Å². The number of benzene rings is 2. The molecule has 0 radical (unpaired) electrons. The first-order valence-corrected chi connectivity index (χ1v) is 25.5. The summed E-state index contributed by atoms with van der Waals surface area (Å²) in [5, 5.41) is 19.6. The summed E-state index contributed by atoms with van der Waals surface area (Å²) in [5.41, 5.74) is 15.7. The highest BCUT2D eigenvalue weighted by Gasteiger charge is 2.19. The monoisotopic (exact) mass is 1050 g/mol. The number of nitrogens with two attached hydrogens (primary N) is 2. The molecule has 24 nitrogen and oxygen atoms in total. The fourth-order valence-electron chi connectivity index (χ4n) is 8.28. The minimum Gasteiger partial charge on any atom is -0.463 e. The average molecular weight is 1050 g/mol. The van der Waals surface area contributed by atoms with Gasteiger partial charge in [-0.15, -0.1) is 0 Å². The number of nitrogen functional groups attached to an aromatic ring is 2. The molecule has 6 aromatic rings. The number of aromatic nitrogens is 8. The molecule has 0 unspecified atom stereocenters. The quantitative estimate of drug-likeness (QED) is 0.0153. The lowest BCUT2D eigenvalue weighted by Crippen LogP contribution is -2.28. The van der Waals surface area contributed by atoms with Crippen LogP contribution in [0.2, 0.25) is 0 Å². The Morgan fingerprint density at radius 1 is 0.592 bits per heavy atom. The van der Waals surface area contributed by atoms with E-state index in [1.165, 1.54) is 9.13 Å². The lowest BCUT2D eigenvalue weighted by atomic mass is 10.1. The number of fused-ring (bicyclic) bond motifs is 2. The van der Waals surface area contributed by atoms with Gasteiger partial charge >= 0.3 is 47.3 Å². The third-order valence-corrected chi connectivity index (χ3v) is 12.0.